The van der Waals surface area contributed by atoms with Crippen molar-refractivity contribution in [1.29, 1.82) is 0 Å². The van der Waals surface area contributed by atoms with Crippen molar-refractivity contribution in [3.8, 4) is 0 Å². The number of aromatic nitrogens is 2. The fraction of sp³-hybridized carbons (Fsp3) is 0.733. The summed E-state index contributed by atoms with van der Waals surface area (Å²) in [7, 11) is 0. The second-order valence-electron chi connectivity index (χ2n) is 6.14. The summed E-state index contributed by atoms with van der Waals surface area (Å²) in [6, 6.07) is 2.39. The Bertz CT molecular complexity index is 504. The van der Waals surface area contributed by atoms with Crippen LogP contribution in [0.4, 0.5) is 5.82 Å². The van der Waals surface area contributed by atoms with Crippen LogP contribution in [0.2, 0.25) is 5.15 Å². The van der Waals surface area contributed by atoms with Gasteiger partial charge in [-0.25, -0.2) is 9.97 Å². The van der Waals surface area contributed by atoms with E-state index in [-0.39, 0.29) is 0 Å². The highest BCUT2D eigenvalue weighted by Gasteiger charge is 2.36. The summed E-state index contributed by atoms with van der Waals surface area (Å²) < 4.78 is 5.94. The van der Waals surface area contributed by atoms with Crippen molar-refractivity contribution in [1.82, 2.24) is 9.97 Å². The second-order valence-corrected chi connectivity index (χ2v) is 6.52. The molecule has 3 fully saturated rings. The third kappa shape index (κ3) is 2.40. The maximum atomic E-state index is 6.21. The van der Waals surface area contributed by atoms with Gasteiger partial charge in [-0.2, -0.15) is 0 Å². The topological polar surface area (TPSA) is 38.2 Å². The molecular formula is C15H20ClN3O. The molecule has 0 bridgehead atoms. The highest BCUT2D eigenvalue weighted by atomic mass is 35.5. The third-order valence-corrected chi connectivity index (χ3v) is 4.86. The van der Waals surface area contributed by atoms with Crippen molar-refractivity contribution >= 4 is 17.4 Å². The Morgan fingerprint density at radius 3 is 2.85 bits per heavy atom. The van der Waals surface area contributed by atoms with E-state index in [1.165, 1.54) is 38.5 Å². The molecular weight excluding hydrogens is 274 g/mol. The summed E-state index contributed by atoms with van der Waals surface area (Å²) in [5, 5.41) is 0.579. The number of rotatable bonds is 2. The Morgan fingerprint density at radius 2 is 2.00 bits per heavy atom. The average molecular weight is 294 g/mol. The van der Waals surface area contributed by atoms with E-state index in [0.717, 1.165) is 24.8 Å². The van der Waals surface area contributed by atoms with Crippen molar-refractivity contribution in [3.63, 3.8) is 0 Å². The summed E-state index contributed by atoms with van der Waals surface area (Å²) in [5.74, 6) is 2.48. The van der Waals surface area contributed by atoms with Crippen LogP contribution < -0.4 is 4.90 Å². The van der Waals surface area contributed by atoms with Gasteiger partial charge in [0.05, 0.1) is 18.8 Å². The van der Waals surface area contributed by atoms with Crippen LogP contribution in [0.1, 0.15) is 50.3 Å². The maximum Gasteiger partial charge on any atom is 0.135 e. The second kappa shape index (κ2) is 5.15. The van der Waals surface area contributed by atoms with Crippen LogP contribution in [0.15, 0.2) is 6.07 Å². The van der Waals surface area contributed by atoms with Gasteiger partial charge < -0.3 is 9.64 Å². The molecule has 0 radical (unpaired) electrons. The van der Waals surface area contributed by atoms with E-state index in [4.69, 9.17) is 21.3 Å². The number of fused-ring (bicyclic) bond motifs is 1. The largest absolute Gasteiger partial charge is 0.374 e. The normalized spacial score (nSPS) is 30.1. The van der Waals surface area contributed by atoms with E-state index in [1.54, 1.807) is 0 Å². The minimum absolute atomic E-state index is 0.371. The van der Waals surface area contributed by atoms with Crippen LogP contribution in [0.25, 0.3) is 0 Å². The minimum Gasteiger partial charge on any atom is -0.374 e. The third-order valence-electron chi connectivity index (χ3n) is 4.67. The number of nitrogens with zero attached hydrogens (tertiary/aromatic N) is 3. The molecule has 20 heavy (non-hydrogen) atoms. The van der Waals surface area contributed by atoms with Gasteiger partial charge in [-0.05, 0) is 25.7 Å². The van der Waals surface area contributed by atoms with Crippen LogP contribution in [0.5, 0.6) is 0 Å². The number of hydrogen-bond donors (Lipinski definition) is 0. The smallest absolute Gasteiger partial charge is 0.135 e. The molecule has 2 unspecified atom stereocenters. The fourth-order valence-electron chi connectivity index (χ4n) is 3.48. The number of anilines is 1. The van der Waals surface area contributed by atoms with Gasteiger partial charge in [0.15, 0.2) is 0 Å². The monoisotopic (exact) mass is 293 g/mol. The summed E-state index contributed by atoms with van der Waals surface area (Å²) in [4.78, 5) is 11.6. The summed E-state index contributed by atoms with van der Waals surface area (Å²) >= 11 is 6.21. The van der Waals surface area contributed by atoms with Gasteiger partial charge in [0, 0.05) is 18.5 Å². The van der Waals surface area contributed by atoms with Crippen LogP contribution in [-0.4, -0.2) is 35.3 Å². The van der Waals surface area contributed by atoms with Gasteiger partial charge in [-0.1, -0.05) is 24.4 Å². The Labute approximate surface area is 124 Å². The molecule has 108 valence electrons. The summed E-state index contributed by atoms with van der Waals surface area (Å²) in [5.41, 5.74) is 0. The predicted octanol–water partition coefficient (Wildman–Crippen LogP) is 3.16. The molecule has 2 aliphatic carbocycles. The summed E-state index contributed by atoms with van der Waals surface area (Å²) in [6.45, 7) is 1.71. The van der Waals surface area contributed by atoms with E-state index in [2.05, 4.69) is 9.88 Å². The van der Waals surface area contributed by atoms with E-state index in [1.807, 2.05) is 6.07 Å². The standard InChI is InChI=1S/C15H20ClN3O/c16-13-9-14(18-15(17-13)10-5-6-10)19-7-8-20-12-4-2-1-3-11(12)19/h9-12H,1-8H2. The highest BCUT2D eigenvalue weighted by molar-refractivity contribution is 6.29. The zero-order chi connectivity index (χ0) is 13.5. The molecule has 2 atom stereocenters. The number of hydrogen-bond acceptors (Lipinski definition) is 4. The molecule has 2 saturated carbocycles. The van der Waals surface area contributed by atoms with Gasteiger partial charge in [0.2, 0.25) is 0 Å². The van der Waals surface area contributed by atoms with E-state index < -0.39 is 0 Å². The first-order valence-electron chi connectivity index (χ1n) is 7.74. The minimum atomic E-state index is 0.371. The molecule has 0 aromatic carbocycles. The van der Waals surface area contributed by atoms with Crippen LogP contribution in [0.3, 0.4) is 0 Å². The molecule has 2 heterocycles. The van der Waals surface area contributed by atoms with Crippen LogP contribution in [0, 0.1) is 0 Å². The van der Waals surface area contributed by atoms with Gasteiger partial charge in [0.25, 0.3) is 0 Å². The Balaban J connectivity index is 1.64. The molecule has 4 nitrogen and oxygen atoms in total. The Kier molecular flexibility index (Phi) is 3.31. The number of ether oxygens (including phenoxy) is 1. The molecule has 1 aromatic heterocycles. The van der Waals surface area contributed by atoms with E-state index >= 15 is 0 Å². The maximum absolute atomic E-state index is 6.21. The SMILES string of the molecule is Clc1cc(N2CCOC3CCCCC32)nc(C2CC2)n1. The van der Waals surface area contributed by atoms with Gasteiger partial charge in [-0.3, -0.25) is 0 Å². The van der Waals surface area contributed by atoms with Crippen molar-refractivity contribution in [2.45, 2.75) is 56.6 Å². The van der Waals surface area contributed by atoms with Crippen LogP contribution >= 0.6 is 11.6 Å². The zero-order valence-electron chi connectivity index (χ0n) is 11.6. The average Bonchev–Trinajstić information content (AvgIpc) is 3.30. The lowest BCUT2D eigenvalue weighted by molar-refractivity contribution is -0.00901. The first-order valence-corrected chi connectivity index (χ1v) is 8.12. The van der Waals surface area contributed by atoms with E-state index in [9.17, 15) is 0 Å². The molecule has 1 saturated heterocycles. The molecule has 0 amide bonds. The molecule has 0 spiro atoms. The quantitative estimate of drug-likeness (QED) is 0.785. The van der Waals surface area contributed by atoms with Crippen molar-refractivity contribution in [2.24, 2.45) is 0 Å². The van der Waals surface area contributed by atoms with Crippen molar-refractivity contribution in [2.75, 3.05) is 18.1 Å². The van der Waals surface area contributed by atoms with Crippen LogP contribution in [-0.2, 0) is 4.74 Å². The van der Waals surface area contributed by atoms with Crippen molar-refractivity contribution < 1.29 is 4.74 Å². The van der Waals surface area contributed by atoms with Gasteiger partial charge in [0.1, 0.15) is 16.8 Å². The molecule has 0 N–H and O–H groups in total. The lowest BCUT2D eigenvalue weighted by atomic mass is 9.90. The lowest BCUT2D eigenvalue weighted by Crippen LogP contribution is -2.53. The summed E-state index contributed by atoms with van der Waals surface area (Å²) in [6.07, 6.45) is 7.72. The lowest BCUT2D eigenvalue weighted by Gasteiger charge is -2.44. The van der Waals surface area contributed by atoms with Gasteiger partial charge in [-0.15, -0.1) is 0 Å². The van der Waals surface area contributed by atoms with E-state index in [0.29, 0.717) is 23.2 Å². The van der Waals surface area contributed by atoms with Crippen molar-refractivity contribution in [3.05, 3.63) is 17.0 Å². The Hall–Kier alpha value is -0.870. The first kappa shape index (κ1) is 12.8. The zero-order valence-corrected chi connectivity index (χ0v) is 12.4. The highest BCUT2D eigenvalue weighted by Crippen LogP contribution is 2.40. The molecule has 1 aliphatic heterocycles. The Morgan fingerprint density at radius 1 is 1.15 bits per heavy atom. The predicted molar refractivity (Wildman–Crippen MR) is 78.4 cm³/mol. The molecule has 5 heteroatoms. The first-order chi connectivity index (χ1) is 9.81. The number of halogens is 1. The van der Waals surface area contributed by atoms with Gasteiger partial charge >= 0.3 is 0 Å². The number of morpholine rings is 1. The molecule has 1 aromatic rings. The molecule has 4 rings (SSSR count). The fourth-order valence-corrected chi connectivity index (χ4v) is 3.66. The molecule has 3 aliphatic rings.